The number of halogens is 2. The van der Waals surface area contributed by atoms with Crippen molar-refractivity contribution in [1.82, 2.24) is 46.6 Å². The normalized spacial score (nSPS) is 19.7. The van der Waals surface area contributed by atoms with E-state index in [9.17, 15) is 28.8 Å². The van der Waals surface area contributed by atoms with E-state index in [4.69, 9.17) is 23.2 Å². The first-order valence-electron chi connectivity index (χ1n) is 27.0. The summed E-state index contributed by atoms with van der Waals surface area (Å²) in [5.74, 6) is -2.63. The van der Waals surface area contributed by atoms with Crippen LogP contribution in [0.2, 0.25) is 10.0 Å². The van der Waals surface area contributed by atoms with Crippen molar-refractivity contribution < 1.29 is 33.6 Å². The number of amides is 7. The van der Waals surface area contributed by atoms with Crippen LogP contribution < -0.4 is 31.9 Å². The Morgan fingerprint density at radius 1 is 0.667 bits per heavy atom. The third kappa shape index (κ3) is 13.9. The van der Waals surface area contributed by atoms with Crippen LogP contribution in [0.15, 0.2) is 91.0 Å². The van der Waals surface area contributed by atoms with Gasteiger partial charge in [0.05, 0.1) is 28.2 Å². The summed E-state index contributed by atoms with van der Waals surface area (Å²) < 4.78 is 0. The lowest BCUT2D eigenvalue weighted by molar-refractivity contribution is -0.151. The van der Waals surface area contributed by atoms with Gasteiger partial charge in [-0.15, -0.1) is 0 Å². The summed E-state index contributed by atoms with van der Waals surface area (Å²) in [5.41, 5.74) is 4.16. The zero-order chi connectivity index (χ0) is 56.8. The molecule has 0 bridgehead atoms. The average molecular weight is 1110 g/mol. The molecule has 1 fully saturated rings. The Morgan fingerprint density at radius 3 is 1.85 bits per heavy atom. The van der Waals surface area contributed by atoms with E-state index >= 15 is 4.79 Å². The standard InChI is InChI=1S/C60H77Cl2N9O7/c1-35(63-9)52(72)67-50(59(3,4)5)57(77)70-33-41-19-12-11-18-40(41)29-48(70)56(76)69(32-42-21-15-23-45(61)49(42)62)31-37-25-27-39(28-26-37)54(74)65-43-30-47(55(75)66-46-24-16-20-38-17-13-14-22-44(38)46)71(34-43)58(78)51(60(6,7)8)68-53(73)36(2)64-10/h11-15,17-19,21-23,25-28,35-36,43,46-48,50-51,63-64H,16,20,24,29-34H2,1-10H3,(H,65,74)(H,66,75)(H,67,72)(H,68,73)/t35-,36-,43-,46?,47?,48?,50?,51?/m0/s1. The zero-order valence-corrected chi connectivity index (χ0v) is 48.1. The molecule has 7 amide bonds. The van der Waals surface area contributed by atoms with Crippen molar-refractivity contribution in [1.29, 1.82) is 0 Å². The van der Waals surface area contributed by atoms with Crippen LogP contribution in [0.5, 0.6) is 0 Å². The molecule has 8 atom stereocenters. The smallest absolute Gasteiger partial charge is 0.251 e. The fraction of sp³-hybridized carbons (Fsp3) is 0.483. The van der Waals surface area contributed by atoms with Crippen molar-refractivity contribution in [3.63, 3.8) is 0 Å². The first-order chi connectivity index (χ1) is 36.9. The van der Waals surface area contributed by atoms with E-state index in [2.05, 4.69) is 38.0 Å². The van der Waals surface area contributed by atoms with E-state index < -0.39 is 64.9 Å². The molecule has 5 unspecified atom stereocenters. The third-order valence-electron chi connectivity index (χ3n) is 15.5. The van der Waals surface area contributed by atoms with Gasteiger partial charge in [-0.2, -0.15) is 0 Å². The lowest BCUT2D eigenvalue weighted by atomic mass is 9.84. The second kappa shape index (κ2) is 25.2. The minimum Gasteiger partial charge on any atom is -0.347 e. The molecule has 418 valence electrons. The number of carbonyl (C=O) groups excluding carboxylic acids is 7. The van der Waals surface area contributed by atoms with E-state index in [0.717, 1.165) is 36.0 Å². The SMILES string of the molecule is CN[C@@H](C)C(=O)NC(C(=O)N1C[C@@H](NC(=O)c2ccc(CN(Cc3cccc(Cl)c3Cl)C(=O)C3Cc4ccccc4CN3C(=O)C(NC(=O)[C@H](C)NC)C(C)(C)C)cc2)CC1C(=O)NC1CCCc2ccccc21)C(C)(C)C. The zero-order valence-electron chi connectivity index (χ0n) is 46.6. The van der Waals surface area contributed by atoms with Gasteiger partial charge in [0, 0.05) is 44.2 Å². The summed E-state index contributed by atoms with van der Waals surface area (Å²) in [7, 11) is 3.33. The second-order valence-corrected chi connectivity index (χ2v) is 24.0. The predicted octanol–water partition coefficient (Wildman–Crippen LogP) is 6.65. The largest absolute Gasteiger partial charge is 0.347 e. The highest BCUT2D eigenvalue weighted by atomic mass is 35.5. The lowest BCUT2D eigenvalue weighted by Crippen LogP contribution is -2.62. The highest BCUT2D eigenvalue weighted by Crippen LogP contribution is 2.34. The Balaban J connectivity index is 1.14. The van der Waals surface area contributed by atoms with Gasteiger partial charge < -0.3 is 46.6 Å². The first kappa shape index (κ1) is 59.3. The van der Waals surface area contributed by atoms with Gasteiger partial charge in [0.15, 0.2) is 0 Å². The van der Waals surface area contributed by atoms with E-state index in [1.165, 1.54) is 10.5 Å². The molecule has 0 radical (unpaired) electrons. The van der Waals surface area contributed by atoms with Gasteiger partial charge in [0.2, 0.25) is 35.4 Å². The molecule has 2 aliphatic heterocycles. The second-order valence-electron chi connectivity index (χ2n) is 23.3. The van der Waals surface area contributed by atoms with E-state index in [1.54, 1.807) is 80.2 Å². The number of aryl methyl sites for hydroxylation is 1. The molecule has 0 saturated carbocycles. The molecule has 3 aliphatic rings. The molecule has 2 heterocycles. The molecule has 0 aromatic heterocycles. The molecule has 78 heavy (non-hydrogen) atoms. The summed E-state index contributed by atoms with van der Waals surface area (Å²) in [6.45, 7) is 14.9. The number of fused-ring (bicyclic) bond motifs is 2. The predicted molar refractivity (Wildman–Crippen MR) is 303 cm³/mol. The number of likely N-dealkylation sites (N-methyl/N-ethyl adjacent to an activating group) is 2. The van der Waals surface area contributed by atoms with Gasteiger partial charge in [-0.3, -0.25) is 33.6 Å². The molecule has 1 saturated heterocycles. The molecule has 0 spiro atoms. The summed E-state index contributed by atoms with van der Waals surface area (Å²) >= 11 is 13.3. The van der Waals surface area contributed by atoms with Crippen molar-refractivity contribution >= 4 is 64.6 Å². The maximum atomic E-state index is 15.4. The molecule has 4 aromatic carbocycles. The summed E-state index contributed by atoms with van der Waals surface area (Å²) in [6, 6.07) is 21.9. The van der Waals surface area contributed by atoms with E-state index in [1.807, 2.05) is 84.0 Å². The van der Waals surface area contributed by atoms with Crippen molar-refractivity contribution in [2.45, 2.75) is 155 Å². The Morgan fingerprint density at radius 2 is 1.24 bits per heavy atom. The van der Waals surface area contributed by atoms with Crippen LogP contribution in [-0.4, -0.2) is 119 Å². The molecule has 4 aromatic rings. The van der Waals surface area contributed by atoms with Crippen molar-refractivity contribution in [3.8, 4) is 0 Å². The number of carbonyl (C=O) groups is 7. The average Bonchev–Trinajstić information content (AvgIpc) is 3.89. The van der Waals surface area contributed by atoms with Gasteiger partial charge in [0.25, 0.3) is 5.91 Å². The minimum absolute atomic E-state index is 0.0261. The highest BCUT2D eigenvalue weighted by molar-refractivity contribution is 6.42. The number of rotatable bonds is 17. The van der Waals surface area contributed by atoms with Gasteiger partial charge in [0.1, 0.15) is 24.2 Å². The Kier molecular flexibility index (Phi) is 19.2. The minimum atomic E-state index is -0.979. The fourth-order valence-corrected chi connectivity index (χ4v) is 10.9. The maximum Gasteiger partial charge on any atom is 0.251 e. The number of benzene rings is 4. The van der Waals surface area contributed by atoms with Crippen LogP contribution in [0.1, 0.15) is 124 Å². The number of nitrogens with one attached hydrogen (secondary N) is 6. The van der Waals surface area contributed by atoms with Gasteiger partial charge in [-0.05, 0) is 116 Å². The Bertz CT molecular complexity index is 2870. The lowest BCUT2D eigenvalue weighted by Gasteiger charge is -2.42. The van der Waals surface area contributed by atoms with Crippen molar-refractivity contribution in [2.75, 3.05) is 20.6 Å². The Labute approximate surface area is 469 Å². The van der Waals surface area contributed by atoms with Crippen LogP contribution in [0.3, 0.4) is 0 Å². The van der Waals surface area contributed by atoms with Crippen LogP contribution >= 0.6 is 23.2 Å². The van der Waals surface area contributed by atoms with Crippen LogP contribution in [-0.2, 0) is 61.2 Å². The van der Waals surface area contributed by atoms with Crippen LogP contribution in [0.25, 0.3) is 0 Å². The monoisotopic (exact) mass is 1110 g/mol. The molecule has 7 rings (SSSR count). The third-order valence-corrected chi connectivity index (χ3v) is 16.3. The summed E-state index contributed by atoms with van der Waals surface area (Å²) in [5, 5.41) is 18.7. The molecular formula is C60H77Cl2N9O7. The number of nitrogens with zero attached hydrogens (tertiary/aromatic N) is 3. The molecule has 1 aliphatic carbocycles. The summed E-state index contributed by atoms with van der Waals surface area (Å²) in [6.07, 6.45) is 2.91. The molecular weight excluding hydrogens is 1030 g/mol. The Hall–Kier alpha value is -6.33. The fourth-order valence-electron chi connectivity index (χ4n) is 10.6. The van der Waals surface area contributed by atoms with Gasteiger partial charge in [-0.1, -0.05) is 138 Å². The van der Waals surface area contributed by atoms with E-state index in [0.29, 0.717) is 21.7 Å². The van der Waals surface area contributed by atoms with E-state index in [-0.39, 0.29) is 79.6 Å². The van der Waals surface area contributed by atoms with Crippen LogP contribution in [0, 0.1) is 10.8 Å². The topological polar surface area (TPSA) is 201 Å². The van der Waals surface area contributed by atoms with Crippen LogP contribution in [0.4, 0.5) is 0 Å². The molecule has 6 N–H and O–H groups in total. The highest BCUT2D eigenvalue weighted by Gasteiger charge is 2.47. The summed E-state index contributed by atoms with van der Waals surface area (Å²) in [4.78, 5) is 105. The van der Waals surface area contributed by atoms with Crippen molar-refractivity contribution in [2.24, 2.45) is 10.8 Å². The maximum absolute atomic E-state index is 15.4. The quantitative estimate of drug-likeness (QED) is 0.0670. The first-order valence-corrected chi connectivity index (χ1v) is 27.8. The molecule has 16 nitrogen and oxygen atoms in total. The number of likely N-dealkylation sites (tertiary alicyclic amines) is 1. The number of hydrogen-bond acceptors (Lipinski definition) is 9. The number of hydrogen-bond donors (Lipinski definition) is 6. The van der Waals surface area contributed by atoms with Gasteiger partial charge in [-0.25, -0.2) is 0 Å². The van der Waals surface area contributed by atoms with Crippen molar-refractivity contribution in [3.05, 3.63) is 140 Å². The molecule has 18 heteroatoms. The van der Waals surface area contributed by atoms with Gasteiger partial charge >= 0.3 is 0 Å².